The largest absolute Gasteiger partial charge is 0.467 e. The molecule has 0 amide bonds. The van der Waals surface area contributed by atoms with E-state index in [0.717, 1.165) is 0 Å². The lowest BCUT2D eigenvalue weighted by Crippen LogP contribution is -2.57. The maximum atomic E-state index is 11.8. The molecule has 0 radical (unpaired) electrons. The van der Waals surface area contributed by atoms with Crippen molar-refractivity contribution in [3.8, 4) is 0 Å². The number of carbonyl (C=O) groups is 1. The van der Waals surface area contributed by atoms with Crippen molar-refractivity contribution in [2.24, 2.45) is 0 Å². The average molecular weight is 244 g/mol. The Labute approximate surface area is 98.8 Å². The van der Waals surface area contributed by atoms with Crippen LogP contribution in [-0.4, -0.2) is 53.0 Å². The van der Waals surface area contributed by atoms with E-state index in [-0.39, 0.29) is 0 Å². The zero-order valence-corrected chi connectivity index (χ0v) is 9.91. The van der Waals surface area contributed by atoms with Crippen LogP contribution in [0, 0.1) is 0 Å². The van der Waals surface area contributed by atoms with Crippen molar-refractivity contribution in [2.75, 3.05) is 7.11 Å². The minimum Gasteiger partial charge on any atom is -0.467 e. The number of ether oxygens (including phenoxy) is 3. The molecule has 6 nitrogen and oxygen atoms in total. The van der Waals surface area contributed by atoms with E-state index in [9.17, 15) is 15.0 Å². The van der Waals surface area contributed by atoms with E-state index in [0.29, 0.717) is 0 Å². The smallest absolute Gasteiger partial charge is 0.345 e. The zero-order valence-electron chi connectivity index (χ0n) is 9.91. The standard InChI is InChI=1S/C11H16O6/c1-10(2)16-8-7(13)6(12)4-5-11(8,17-10)9(14)15-3/h4-8,12-13H,1-3H3/t6-,7-,8+,11-/m0/s1. The molecule has 1 heterocycles. The molecule has 0 aromatic rings. The molecular weight excluding hydrogens is 228 g/mol. The highest BCUT2D eigenvalue weighted by Gasteiger charge is 2.62. The predicted octanol–water partition coefficient (Wildman–Crippen LogP) is -0.659. The van der Waals surface area contributed by atoms with Gasteiger partial charge in [0.05, 0.1) is 7.11 Å². The number of esters is 1. The predicted molar refractivity (Wildman–Crippen MR) is 55.9 cm³/mol. The zero-order chi connectivity index (χ0) is 12.8. The molecule has 2 rings (SSSR count). The quantitative estimate of drug-likeness (QED) is 0.470. The Kier molecular flexibility index (Phi) is 2.78. The molecular formula is C11H16O6. The van der Waals surface area contributed by atoms with Crippen LogP contribution < -0.4 is 0 Å². The Hall–Kier alpha value is -0.950. The number of fused-ring (bicyclic) bond motifs is 1. The van der Waals surface area contributed by atoms with Gasteiger partial charge in [-0.2, -0.15) is 0 Å². The van der Waals surface area contributed by atoms with Gasteiger partial charge in [0.1, 0.15) is 18.3 Å². The number of methoxy groups -OCH3 is 1. The number of hydrogen-bond acceptors (Lipinski definition) is 6. The van der Waals surface area contributed by atoms with Crippen molar-refractivity contribution in [1.29, 1.82) is 0 Å². The highest BCUT2D eigenvalue weighted by molar-refractivity contribution is 5.84. The number of hydrogen-bond donors (Lipinski definition) is 2. The summed E-state index contributed by atoms with van der Waals surface area (Å²) in [6.07, 6.45) is -0.612. The monoisotopic (exact) mass is 244 g/mol. The summed E-state index contributed by atoms with van der Waals surface area (Å²) >= 11 is 0. The average Bonchev–Trinajstić information content (AvgIpc) is 2.56. The third-order valence-electron chi connectivity index (χ3n) is 2.95. The fraction of sp³-hybridized carbons (Fsp3) is 0.727. The molecule has 2 aliphatic rings. The van der Waals surface area contributed by atoms with Gasteiger partial charge in [0.25, 0.3) is 0 Å². The third kappa shape index (κ3) is 1.77. The van der Waals surface area contributed by atoms with E-state index >= 15 is 0 Å². The summed E-state index contributed by atoms with van der Waals surface area (Å²) < 4.78 is 15.7. The summed E-state index contributed by atoms with van der Waals surface area (Å²) in [4.78, 5) is 11.8. The summed E-state index contributed by atoms with van der Waals surface area (Å²) in [5, 5.41) is 19.4. The van der Waals surface area contributed by atoms with Gasteiger partial charge in [0.2, 0.25) is 5.60 Å². The topological polar surface area (TPSA) is 85.2 Å². The van der Waals surface area contributed by atoms with Crippen LogP contribution in [-0.2, 0) is 19.0 Å². The van der Waals surface area contributed by atoms with Crippen LogP contribution in [0.4, 0.5) is 0 Å². The molecule has 1 aliphatic heterocycles. The molecule has 2 N–H and O–H groups in total. The first kappa shape index (κ1) is 12.5. The lowest BCUT2D eigenvalue weighted by molar-refractivity contribution is -0.179. The summed E-state index contributed by atoms with van der Waals surface area (Å²) in [5.74, 6) is -1.69. The van der Waals surface area contributed by atoms with E-state index < -0.39 is 35.7 Å². The molecule has 6 heteroatoms. The molecule has 96 valence electrons. The van der Waals surface area contributed by atoms with Gasteiger partial charge in [-0.1, -0.05) is 6.08 Å². The Morgan fingerprint density at radius 2 is 2.06 bits per heavy atom. The number of aliphatic hydroxyl groups excluding tert-OH is 2. The second-order valence-corrected chi connectivity index (χ2v) is 4.67. The Morgan fingerprint density at radius 3 is 2.65 bits per heavy atom. The molecule has 1 saturated heterocycles. The highest BCUT2D eigenvalue weighted by atomic mass is 16.8. The first-order valence-electron chi connectivity index (χ1n) is 5.34. The molecule has 0 aromatic heterocycles. The van der Waals surface area contributed by atoms with E-state index in [1.165, 1.54) is 19.3 Å². The molecule has 17 heavy (non-hydrogen) atoms. The van der Waals surface area contributed by atoms with Crippen LogP contribution >= 0.6 is 0 Å². The summed E-state index contributed by atoms with van der Waals surface area (Å²) in [7, 11) is 1.23. The van der Waals surface area contributed by atoms with Gasteiger partial charge in [-0.3, -0.25) is 0 Å². The maximum Gasteiger partial charge on any atom is 0.345 e. The minimum absolute atomic E-state index is 0.657. The van der Waals surface area contributed by atoms with Gasteiger partial charge in [-0.05, 0) is 19.9 Å². The Balaban J connectivity index is 2.44. The number of aliphatic hydroxyl groups is 2. The number of carbonyl (C=O) groups excluding carboxylic acids is 1. The van der Waals surface area contributed by atoms with Gasteiger partial charge in [-0.15, -0.1) is 0 Å². The second kappa shape index (κ2) is 3.78. The number of rotatable bonds is 1. The van der Waals surface area contributed by atoms with Crippen molar-refractivity contribution in [3.63, 3.8) is 0 Å². The van der Waals surface area contributed by atoms with E-state index in [1.54, 1.807) is 13.8 Å². The Bertz CT molecular complexity index is 363. The van der Waals surface area contributed by atoms with Crippen molar-refractivity contribution < 1.29 is 29.2 Å². The van der Waals surface area contributed by atoms with Crippen LogP contribution in [0.5, 0.6) is 0 Å². The fourth-order valence-corrected chi connectivity index (χ4v) is 2.25. The lowest BCUT2D eigenvalue weighted by Gasteiger charge is -2.34. The van der Waals surface area contributed by atoms with Crippen LogP contribution in [0.3, 0.4) is 0 Å². The van der Waals surface area contributed by atoms with E-state index in [2.05, 4.69) is 4.74 Å². The van der Waals surface area contributed by atoms with Gasteiger partial charge >= 0.3 is 5.97 Å². The molecule has 1 fully saturated rings. The summed E-state index contributed by atoms with van der Waals surface area (Å²) in [5.41, 5.74) is -1.49. The van der Waals surface area contributed by atoms with E-state index in [1.807, 2.05) is 0 Å². The third-order valence-corrected chi connectivity index (χ3v) is 2.95. The SMILES string of the molecule is COC(=O)[C@]12C=C[C@H](O)[C@H](O)[C@H]1OC(C)(C)O2. The minimum atomic E-state index is -1.49. The lowest BCUT2D eigenvalue weighted by atomic mass is 9.84. The normalized spacial score (nSPS) is 43.2. The molecule has 1 aliphatic carbocycles. The molecule has 0 saturated carbocycles. The maximum absolute atomic E-state index is 11.8. The van der Waals surface area contributed by atoms with Crippen molar-refractivity contribution in [3.05, 3.63) is 12.2 Å². The van der Waals surface area contributed by atoms with Crippen LogP contribution in [0.2, 0.25) is 0 Å². The van der Waals surface area contributed by atoms with Crippen molar-refractivity contribution >= 4 is 5.97 Å². The highest BCUT2D eigenvalue weighted by Crippen LogP contribution is 2.42. The van der Waals surface area contributed by atoms with Gasteiger partial charge in [0, 0.05) is 0 Å². The van der Waals surface area contributed by atoms with E-state index in [4.69, 9.17) is 9.47 Å². The Morgan fingerprint density at radius 1 is 1.41 bits per heavy atom. The van der Waals surface area contributed by atoms with Gasteiger partial charge in [-0.25, -0.2) is 4.79 Å². The molecule has 0 unspecified atom stereocenters. The van der Waals surface area contributed by atoms with Crippen LogP contribution in [0.15, 0.2) is 12.2 Å². The molecule has 0 bridgehead atoms. The summed E-state index contributed by atoms with van der Waals surface area (Å²) in [6, 6.07) is 0. The second-order valence-electron chi connectivity index (χ2n) is 4.67. The van der Waals surface area contributed by atoms with Gasteiger partial charge < -0.3 is 24.4 Å². The fourth-order valence-electron chi connectivity index (χ4n) is 2.25. The van der Waals surface area contributed by atoms with Crippen molar-refractivity contribution in [1.82, 2.24) is 0 Å². The molecule has 0 spiro atoms. The molecule has 0 aromatic carbocycles. The first-order valence-corrected chi connectivity index (χ1v) is 5.34. The van der Waals surface area contributed by atoms with Crippen LogP contribution in [0.1, 0.15) is 13.8 Å². The first-order chi connectivity index (χ1) is 7.82. The molecule has 4 atom stereocenters. The van der Waals surface area contributed by atoms with Crippen LogP contribution in [0.25, 0.3) is 0 Å². The van der Waals surface area contributed by atoms with Crippen molar-refractivity contribution in [2.45, 2.75) is 43.5 Å². The summed E-state index contributed by atoms with van der Waals surface area (Å²) in [6.45, 7) is 3.26. The van der Waals surface area contributed by atoms with Gasteiger partial charge in [0.15, 0.2) is 5.79 Å².